The van der Waals surface area contributed by atoms with Crippen LogP contribution in [0.3, 0.4) is 0 Å². The number of carbonyl (C=O) groups is 1. The van der Waals surface area contributed by atoms with Gasteiger partial charge in [-0.1, -0.05) is 37.3 Å². The van der Waals surface area contributed by atoms with Crippen LogP contribution < -0.4 is 0 Å². The van der Waals surface area contributed by atoms with Crippen molar-refractivity contribution in [2.45, 2.75) is 32.0 Å². The molecule has 25 heavy (non-hydrogen) atoms. The number of likely N-dealkylation sites (tertiary alicyclic amines) is 1. The van der Waals surface area contributed by atoms with Crippen LogP contribution in [-0.4, -0.2) is 41.7 Å². The maximum atomic E-state index is 12.7. The van der Waals surface area contributed by atoms with Crippen LogP contribution >= 0.6 is 0 Å². The molecule has 2 aliphatic rings. The Morgan fingerprint density at radius 2 is 1.92 bits per heavy atom. The Balaban J connectivity index is 1.57. The van der Waals surface area contributed by atoms with Crippen molar-refractivity contribution >= 4 is 5.91 Å². The molecule has 0 aromatic heterocycles. The lowest BCUT2D eigenvalue weighted by molar-refractivity contribution is -0.0421. The minimum atomic E-state index is -1.07. The van der Waals surface area contributed by atoms with E-state index in [1.165, 1.54) is 0 Å². The number of fused-ring (bicyclic) bond motifs is 3. The van der Waals surface area contributed by atoms with Gasteiger partial charge in [-0.05, 0) is 47.7 Å². The minimum absolute atomic E-state index is 0.00547. The standard InChI is InChI=1S/C21H23NO3/c1-3-10-25-15-12-22(13-15)20(23)14-8-9-17-16-6-4-5-7-18(16)21(2,24)19(17)11-14/h4-9,11,15,24H,3,10,12-13H2,1-2H3. The van der Waals surface area contributed by atoms with Gasteiger partial charge in [-0.15, -0.1) is 0 Å². The number of nitrogens with zero attached hydrogens (tertiary/aromatic N) is 1. The number of ether oxygens (including phenoxy) is 1. The van der Waals surface area contributed by atoms with Crippen molar-refractivity contribution < 1.29 is 14.6 Å². The molecule has 2 aromatic carbocycles. The number of benzene rings is 2. The summed E-state index contributed by atoms with van der Waals surface area (Å²) in [5, 5.41) is 11.0. The lowest BCUT2D eigenvalue weighted by Gasteiger charge is -2.39. The van der Waals surface area contributed by atoms with Gasteiger partial charge in [0.2, 0.25) is 0 Å². The van der Waals surface area contributed by atoms with Crippen molar-refractivity contribution in [1.29, 1.82) is 0 Å². The highest BCUT2D eigenvalue weighted by Crippen LogP contribution is 2.47. The van der Waals surface area contributed by atoms with E-state index in [0.717, 1.165) is 35.3 Å². The quantitative estimate of drug-likeness (QED) is 0.932. The number of aliphatic hydroxyl groups is 1. The van der Waals surface area contributed by atoms with Gasteiger partial charge >= 0.3 is 0 Å². The van der Waals surface area contributed by atoms with Gasteiger partial charge in [-0.25, -0.2) is 0 Å². The molecule has 1 saturated heterocycles. The second-order valence-electron chi connectivity index (χ2n) is 7.08. The van der Waals surface area contributed by atoms with Gasteiger partial charge in [0.1, 0.15) is 5.60 Å². The largest absolute Gasteiger partial charge is 0.381 e. The summed E-state index contributed by atoms with van der Waals surface area (Å²) in [6, 6.07) is 13.5. The first-order valence-corrected chi connectivity index (χ1v) is 8.90. The van der Waals surface area contributed by atoms with Gasteiger partial charge in [0.15, 0.2) is 0 Å². The van der Waals surface area contributed by atoms with E-state index in [9.17, 15) is 9.90 Å². The fourth-order valence-electron chi connectivity index (χ4n) is 3.78. The van der Waals surface area contributed by atoms with Crippen molar-refractivity contribution in [3.05, 3.63) is 59.2 Å². The predicted molar refractivity (Wildman–Crippen MR) is 96.5 cm³/mol. The summed E-state index contributed by atoms with van der Waals surface area (Å²) in [6.07, 6.45) is 1.15. The lowest BCUT2D eigenvalue weighted by atomic mass is 9.92. The zero-order chi connectivity index (χ0) is 17.6. The highest BCUT2D eigenvalue weighted by Gasteiger charge is 2.38. The van der Waals surface area contributed by atoms with Crippen LogP contribution in [0.5, 0.6) is 0 Å². The van der Waals surface area contributed by atoms with Crippen molar-refractivity contribution in [1.82, 2.24) is 4.90 Å². The second kappa shape index (κ2) is 5.97. The third-order valence-electron chi connectivity index (χ3n) is 5.23. The molecule has 1 aliphatic heterocycles. The Morgan fingerprint density at radius 1 is 1.20 bits per heavy atom. The number of hydrogen-bond acceptors (Lipinski definition) is 3. The smallest absolute Gasteiger partial charge is 0.254 e. The van der Waals surface area contributed by atoms with E-state index in [2.05, 4.69) is 6.92 Å². The van der Waals surface area contributed by atoms with Gasteiger partial charge in [-0.2, -0.15) is 0 Å². The maximum absolute atomic E-state index is 12.7. The third-order valence-corrected chi connectivity index (χ3v) is 5.23. The fourth-order valence-corrected chi connectivity index (χ4v) is 3.78. The van der Waals surface area contributed by atoms with E-state index in [0.29, 0.717) is 18.7 Å². The molecule has 4 heteroatoms. The van der Waals surface area contributed by atoms with Crippen LogP contribution in [-0.2, 0) is 10.3 Å². The van der Waals surface area contributed by atoms with Gasteiger partial charge < -0.3 is 14.7 Å². The molecule has 0 spiro atoms. The normalized spacial score (nSPS) is 21.6. The summed E-state index contributed by atoms with van der Waals surface area (Å²) < 4.78 is 5.66. The maximum Gasteiger partial charge on any atom is 0.254 e. The molecule has 1 heterocycles. The fraction of sp³-hybridized carbons (Fsp3) is 0.381. The van der Waals surface area contributed by atoms with Gasteiger partial charge in [-0.3, -0.25) is 4.79 Å². The van der Waals surface area contributed by atoms with E-state index in [-0.39, 0.29) is 12.0 Å². The molecule has 1 aliphatic carbocycles. The number of rotatable bonds is 4. The van der Waals surface area contributed by atoms with Gasteiger partial charge in [0.25, 0.3) is 5.91 Å². The molecule has 1 fully saturated rings. The molecule has 0 radical (unpaired) electrons. The first-order valence-electron chi connectivity index (χ1n) is 8.90. The van der Waals surface area contributed by atoms with Gasteiger partial charge in [0, 0.05) is 25.3 Å². The summed E-state index contributed by atoms with van der Waals surface area (Å²) in [7, 11) is 0. The number of carbonyl (C=O) groups excluding carboxylic acids is 1. The molecule has 4 nitrogen and oxygen atoms in total. The Morgan fingerprint density at radius 3 is 2.68 bits per heavy atom. The predicted octanol–water partition coefficient (Wildman–Crippen LogP) is 3.17. The van der Waals surface area contributed by atoms with Crippen LogP contribution in [0.4, 0.5) is 0 Å². The summed E-state index contributed by atoms with van der Waals surface area (Å²) in [5.41, 5.74) is 3.30. The van der Waals surface area contributed by atoms with Crippen molar-refractivity contribution in [2.75, 3.05) is 19.7 Å². The monoisotopic (exact) mass is 337 g/mol. The zero-order valence-corrected chi connectivity index (χ0v) is 14.7. The average Bonchev–Trinajstić information content (AvgIpc) is 2.81. The second-order valence-corrected chi connectivity index (χ2v) is 7.08. The summed E-state index contributed by atoms with van der Waals surface area (Å²) in [6.45, 7) is 5.91. The molecule has 1 N–H and O–H groups in total. The summed E-state index contributed by atoms with van der Waals surface area (Å²) in [4.78, 5) is 14.5. The molecule has 4 rings (SSSR count). The molecular formula is C21H23NO3. The highest BCUT2D eigenvalue weighted by molar-refractivity contribution is 5.96. The van der Waals surface area contributed by atoms with E-state index >= 15 is 0 Å². The molecule has 0 saturated carbocycles. The number of hydrogen-bond donors (Lipinski definition) is 1. The van der Waals surface area contributed by atoms with Crippen molar-refractivity contribution in [2.24, 2.45) is 0 Å². The van der Waals surface area contributed by atoms with Crippen LogP contribution in [0.15, 0.2) is 42.5 Å². The average molecular weight is 337 g/mol. The first kappa shape index (κ1) is 16.3. The molecular weight excluding hydrogens is 314 g/mol. The highest BCUT2D eigenvalue weighted by atomic mass is 16.5. The minimum Gasteiger partial charge on any atom is -0.381 e. The number of amides is 1. The molecule has 2 aromatic rings. The SMILES string of the molecule is CCCOC1CN(C(=O)c2ccc3c(c2)C(C)(O)c2ccccc2-3)C1. The Labute approximate surface area is 148 Å². The van der Waals surface area contributed by atoms with E-state index < -0.39 is 5.60 Å². The van der Waals surface area contributed by atoms with E-state index in [1.54, 1.807) is 11.8 Å². The van der Waals surface area contributed by atoms with Crippen LogP contribution in [0.2, 0.25) is 0 Å². The van der Waals surface area contributed by atoms with Gasteiger partial charge in [0.05, 0.1) is 6.10 Å². The Kier molecular flexibility index (Phi) is 3.89. The summed E-state index contributed by atoms with van der Waals surface area (Å²) in [5.74, 6) is 0.00547. The molecule has 1 unspecified atom stereocenters. The van der Waals surface area contributed by atoms with Crippen LogP contribution in [0.25, 0.3) is 11.1 Å². The Bertz CT molecular complexity index is 822. The first-order chi connectivity index (χ1) is 12.0. The molecule has 130 valence electrons. The zero-order valence-electron chi connectivity index (χ0n) is 14.7. The van der Waals surface area contributed by atoms with E-state index in [1.807, 2.05) is 42.5 Å². The Hall–Kier alpha value is -2.17. The third kappa shape index (κ3) is 2.57. The molecule has 1 atom stereocenters. The van der Waals surface area contributed by atoms with Crippen LogP contribution in [0, 0.1) is 0 Å². The lowest BCUT2D eigenvalue weighted by Crippen LogP contribution is -2.54. The van der Waals surface area contributed by atoms with Crippen LogP contribution in [0.1, 0.15) is 41.8 Å². The molecule has 1 amide bonds. The summed E-state index contributed by atoms with van der Waals surface area (Å²) >= 11 is 0. The van der Waals surface area contributed by atoms with Crippen molar-refractivity contribution in [3.63, 3.8) is 0 Å². The topological polar surface area (TPSA) is 49.8 Å². The van der Waals surface area contributed by atoms with Crippen molar-refractivity contribution in [3.8, 4) is 11.1 Å². The van der Waals surface area contributed by atoms with E-state index in [4.69, 9.17) is 4.74 Å². The molecule has 0 bridgehead atoms.